The molecule has 0 bridgehead atoms. The summed E-state index contributed by atoms with van der Waals surface area (Å²) in [6.07, 6.45) is 5.27. The van der Waals surface area contributed by atoms with Crippen LogP contribution >= 0.6 is 0 Å². The number of amides is 1. The van der Waals surface area contributed by atoms with Gasteiger partial charge in [-0.2, -0.15) is 15.1 Å². The first-order chi connectivity index (χ1) is 16.2. The number of fused-ring (bicyclic) bond motifs is 1. The number of aromatic nitrogens is 6. The van der Waals surface area contributed by atoms with Gasteiger partial charge in [-0.1, -0.05) is 6.07 Å². The molecule has 0 aromatic carbocycles. The summed E-state index contributed by atoms with van der Waals surface area (Å²) in [4.78, 5) is 30.4. The van der Waals surface area contributed by atoms with Gasteiger partial charge in [0.15, 0.2) is 5.82 Å². The molecule has 168 valence electrons. The Labute approximate surface area is 189 Å². The van der Waals surface area contributed by atoms with E-state index in [-0.39, 0.29) is 11.9 Å². The number of carbonyl (C=O) groups excluding carboxylic acids is 1. The number of hydrogen-bond donors (Lipinski definition) is 3. The molecule has 4 aromatic rings. The summed E-state index contributed by atoms with van der Waals surface area (Å²) in [6.45, 7) is 1.53. The molecule has 0 radical (unpaired) electrons. The Morgan fingerprint density at radius 2 is 2.09 bits per heavy atom. The van der Waals surface area contributed by atoms with Crippen molar-refractivity contribution in [3.8, 4) is 0 Å². The van der Waals surface area contributed by atoms with E-state index >= 15 is 0 Å². The molecule has 1 atom stereocenters. The van der Waals surface area contributed by atoms with Crippen molar-refractivity contribution in [3.05, 3.63) is 60.2 Å². The monoisotopic (exact) mass is 445 g/mol. The SMILES string of the molecule is O=C(c1cc(Nc2nc(N3CCCC3c3ccccn3)nc3cccn23)n[nH]1)N1CC(O)C1. The second kappa shape index (κ2) is 7.85. The quantitative estimate of drug-likeness (QED) is 0.424. The van der Waals surface area contributed by atoms with Crippen LogP contribution in [0, 0.1) is 0 Å². The number of nitrogens with one attached hydrogen (secondary N) is 2. The zero-order chi connectivity index (χ0) is 22.4. The number of nitrogens with zero attached hydrogens (tertiary/aromatic N) is 7. The molecular weight excluding hydrogens is 422 g/mol. The molecule has 1 unspecified atom stereocenters. The number of pyridine rings is 1. The predicted molar refractivity (Wildman–Crippen MR) is 120 cm³/mol. The van der Waals surface area contributed by atoms with Crippen LogP contribution in [0.2, 0.25) is 0 Å². The molecule has 0 aliphatic carbocycles. The smallest absolute Gasteiger partial charge is 0.272 e. The molecular formula is C22H23N9O2. The lowest BCUT2D eigenvalue weighted by atomic mass is 10.1. The van der Waals surface area contributed by atoms with E-state index in [0.29, 0.717) is 36.5 Å². The molecule has 2 saturated heterocycles. The Hall–Kier alpha value is -3.99. The van der Waals surface area contributed by atoms with Crippen molar-refractivity contribution in [3.63, 3.8) is 0 Å². The van der Waals surface area contributed by atoms with Gasteiger partial charge in [0.2, 0.25) is 11.9 Å². The standard InChI is InChI=1S/C22H23N9O2/c32-14-12-29(13-14)20(33)16-11-18(28-27-16)24-21-26-22(25-19-7-4-10-31(19)21)30-9-3-6-17(30)15-5-1-2-8-23-15/h1-2,4-5,7-8,10-11,14,17,32H,3,6,9,12-13H2,(H2,24,25,26,27,28). The van der Waals surface area contributed by atoms with Crippen molar-refractivity contribution in [1.29, 1.82) is 0 Å². The van der Waals surface area contributed by atoms with Crippen LogP contribution in [-0.4, -0.2) is 71.2 Å². The lowest BCUT2D eigenvalue weighted by Gasteiger charge is -2.35. The number of aromatic amines is 1. The molecule has 0 saturated carbocycles. The van der Waals surface area contributed by atoms with Crippen molar-refractivity contribution >= 4 is 29.3 Å². The van der Waals surface area contributed by atoms with Crippen LogP contribution < -0.4 is 10.2 Å². The number of hydrogen-bond acceptors (Lipinski definition) is 8. The van der Waals surface area contributed by atoms with E-state index < -0.39 is 6.10 Å². The number of likely N-dealkylation sites (tertiary alicyclic amines) is 1. The van der Waals surface area contributed by atoms with Crippen molar-refractivity contribution in [2.45, 2.75) is 25.0 Å². The van der Waals surface area contributed by atoms with Gasteiger partial charge >= 0.3 is 0 Å². The number of H-pyrrole nitrogens is 1. The lowest BCUT2D eigenvalue weighted by Crippen LogP contribution is -2.53. The van der Waals surface area contributed by atoms with Crippen LogP contribution in [-0.2, 0) is 0 Å². The van der Waals surface area contributed by atoms with Gasteiger partial charge in [0, 0.05) is 38.1 Å². The molecule has 1 amide bonds. The van der Waals surface area contributed by atoms with E-state index in [1.807, 2.05) is 47.1 Å². The molecule has 2 fully saturated rings. The Kier molecular flexibility index (Phi) is 4.68. The Morgan fingerprint density at radius 1 is 1.18 bits per heavy atom. The maximum atomic E-state index is 12.5. The van der Waals surface area contributed by atoms with Crippen LogP contribution in [0.5, 0.6) is 0 Å². The molecule has 3 N–H and O–H groups in total. The number of rotatable bonds is 5. The Balaban J connectivity index is 1.29. The van der Waals surface area contributed by atoms with Gasteiger partial charge < -0.3 is 20.2 Å². The van der Waals surface area contributed by atoms with Gasteiger partial charge in [-0.05, 0) is 37.1 Å². The highest BCUT2D eigenvalue weighted by atomic mass is 16.3. The van der Waals surface area contributed by atoms with Gasteiger partial charge in [-0.25, -0.2) is 0 Å². The van der Waals surface area contributed by atoms with Crippen molar-refractivity contribution in [1.82, 2.24) is 34.4 Å². The zero-order valence-electron chi connectivity index (χ0n) is 17.8. The fourth-order valence-corrected chi connectivity index (χ4v) is 4.42. The van der Waals surface area contributed by atoms with Crippen LogP contribution in [0.1, 0.15) is 35.1 Å². The van der Waals surface area contributed by atoms with Gasteiger partial charge in [0.1, 0.15) is 11.3 Å². The minimum absolute atomic E-state index is 0.123. The number of carbonyl (C=O) groups is 1. The first-order valence-corrected chi connectivity index (χ1v) is 11.0. The van der Waals surface area contributed by atoms with E-state index in [2.05, 4.69) is 25.4 Å². The average Bonchev–Trinajstić information content (AvgIpc) is 3.57. The maximum Gasteiger partial charge on any atom is 0.272 e. The molecule has 0 spiro atoms. The van der Waals surface area contributed by atoms with Crippen LogP contribution in [0.25, 0.3) is 5.65 Å². The fraction of sp³-hybridized carbons (Fsp3) is 0.318. The molecule has 11 heteroatoms. The highest BCUT2D eigenvalue weighted by Crippen LogP contribution is 2.34. The molecule has 4 aromatic heterocycles. The third-order valence-corrected chi connectivity index (χ3v) is 6.11. The summed E-state index contributed by atoms with van der Waals surface area (Å²) < 4.78 is 1.84. The third kappa shape index (κ3) is 3.55. The minimum atomic E-state index is -0.448. The van der Waals surface area contributed by atoms with Crippen molar-refractivity contribution < 1.29 is 9.90 Å². The normalized spacial score (nSPS) is 18.6. The predicted octanol–water partition coefficient (Wildman–Crippen LogP) is 1.75. The van der Waals surface area contributed by atoms with Crippen LogP contribution in [0.3, 0.4) is 0 Å². The maximum absolute atomic E-state index is 12.5. The minimum Gasteiger partial charge on any atom is -0.389 e. The number of aliphatic hydroxyl groups excluding tert-OH is 1. The van der Waals surface area contributed by atoms with Gasteiger partial charge in [0.05, 0.1) is 17.8 Å². The lowest BCUT2D eigenvalue weighted by molar-refractivity contribution is 0.00550. The van der Waals surface area contributed by atoms with Crippen molar-refractivity contribution in [2.24, 2.45) is 0 Å². The molecule has 2 aliphatic rings. The van der Waals surface area contributed by atoms with E-state index in [4.69, 9.17) is 9.97 Å². The second-order valence-corrected chi connectivity index (χ2v) is 8.35. The van der Waals surface area contributed by atoms with E-state index in [9.17, 15) is 9.90 Å². The second-order valence-electron chi connectivity index (χ2n) is 8.35. The van der Waals surface area contributed by atoms with E-state index in [1.54, 1.807) is 11.0 Å². The van der Waals surface area contributed by atoms with Gasteiger partial charge in [0.25, 0.3) is 5.91 Å². The van der Waals surface area contributed by atoms with E-state index in [0.717, 1.165) is 30.7 Å². The first-order valence-electron chi connectivity index (χ1n) is 11.0. The number of aliphatic hydroxyl groups is 1. The molecule has 11 nitrogen and oxygen atoms in total. The fourth-order valence-electron chi connectivity index (χ4n) is 4.42. The van der Waals surface area contributed by atoms with Crippen LogP contribution in [0.15, 0.2) is 48.8 Å². The summed E-state index contributed by atoms with van der Waals surface area (Å²) >= 11 is 0. The first kappa shape index (κ1) is 19.7. The Morgan fingerprint density at radius 3 is 2.91 bits per heavy atom. The topological polar surface area (TPSA) is 128 Å². The highest BCUT2D eigenvalue weighted by Gasteiger charge is 2.31. The number of anilines is 3. The van der Waals surface area contributed by atoms with Gasteiger partial charge in [-0.15, -0.1) is 0 Å². The largest absolute Gasteiger partial charge is 0.389 e. The third-order valence-electron chi connectivity index (χ3n) is 6.11. The summed E-state index contributed by atoms with van der Waals surface area (Å²) in [6, 6.07) is 11.6. The average molecular weight is 445 g/mol. The molecule has 2 aliphatic heterocycles. The summed E-state index contributed by atoms with van der Waals surface area (Å²) in [5.41, 5.74) is 2.13. The molecule has 6 heterocycles. The number of β-amino-alcohol motifs (C(OH)–C–C–N with tert-alkyl or cyclic N) is 1. The summed E-state index contributed by atoms with van der Waals surface area (Å²) in [5, 5.41) is 19.7. The summed E-state index contributed by atoms with van der Waals surface area (Å²) in [7, 11) is 0. The van der Waals surface area contributed by atoms with Crippen LogP contribution in [0.4, 0.5) is 17.7 Å². The van der Waals surface area contributed by atoms with E-state index in [1.165, 1.54) is 0 Å². The van der Waals surface area contributed by atoms with Crippen molar-refractivity contribution in [2.75, 3.05) is 29.9 Å². The van der Waals surface area contributed by atoms with Gasteiger partial charge in [-0.3, -0.25) is 19.3 Å². The molecule has 33 heavy (non-hydrogen) atoms. The zero-order valence-corrected chi connectivity index (χ0v) is 17.8. The highest BCUT2D eigenvalue weighted by molar-refractivity contribution is 5.93. The summed E-state index contributed by atoms with van der Waals surface area (Å²) in [5.74, 6) is 1.46. The Bertz CT molecular complexity index is 1300. The molecule has 6 rings (SSSR count).